The second-order valence-electron chi connectivity index (χ2n) is 7.53. The summed E-state index contributed by atoms with van der Waals surface area (Å²) in [6.07, 6.45) is 4.47. The molecule has 0 aliphatic heterocycles. The molecule has 0 saturated heterocycles. The number of hydrogen-bond donors (Lipinski definition) is 0. The fourth-order valence-electron chi connectivity index (χ4n) is 4.25. The fourth-order valence-corrected chi connectivity index (χ4v) is 4.25. The third-order valence-corrected chi connectivity index (χ3v) is 6.28. The predicted octanol–water partition coefficient (Wildman–Crippen LogP) is 3.95. The SMILES string of the molecule is CC1(C)[C@H]2CC[C@]1(C)[C@H](OC(=O)/C=N/OCc1ccccc1)C2. The van der Waals surface area contributed by atoms with E-state index in [1.165, 1.54) is 6.42 Å². The molecule has 0 N–H and O–H groups in total. The summed E-state index contributed by atoms with van der Waals surface area (Å²) in [6, 6.07) is 9.72. The summed E-state index contributed by atoms with van der Waals surface area (Å²) < 4.78 is 5.67. The van der Waals surface area contributed by atoms with E-state index in [2.05, 4.69) is 25.9 Å². The van der Waals surface area contributed by atoms with Crippen LogP contribution >= 0.6 is 0 Å². The first-order chi connectivity index (χ1) is 10.9. The van der Waals surface area contributed by atoms with Crippen LogP contribution in [-0.2, 0) is 21.0 Å². The number of hydrogen-bond acceptors (Lipinski definition) is 4. The van der Waals surface area contributed by atoms with Gasteiger partial charge in [0.1, 0.15) is 12.7 Å². The number of oxime groups is 1. The van der Waals surface area contributed by atoms with Gasteiger partial charge in [0.05, 0.1) is 0 Å². The lowest BCUT2D eigenvalue weighted by Gasteiger charge is -2.38. The van der Waals surface area contributed by atoms with Gasteiger partial charge in [0.25, 0.3) is 0 Å². The Morgan fingerprint density at radius 2 is 2.04 bits per heavy atom. The van der Waals surface area contributed by atoms with Crippen LogP contribution in [0.1, 0.15) is 45.6 Å². The number of carbonyl (C=O) groups is 1. The van der Waals surface area contributed by atoms with Gasteiger partial charge < -0.3 is 9.57 Å². The van der Waals surface area contributed by atoms with Crippen LogP contribution < -0.4 is 0 Å². The molecule has 1 aromatic carbocycles. The molecule has 2 fully saturated rings. The average Bonchev–Trinajstić information content (AvgIpc) is 2.86. The van der Waals surface area contributed by atoms with Crippen LogP contribution in [0.5, 0.6) is 0 Å². The first-order valence-corrected chi connectivity index (χ1v) is 8.33. The lowest BCUT2D eigenvalue weighted by molar-refractivity contribution is -0.148. The topological polar surface area (TPSA) is 47.9 Å². The standard InChI is InChI=1S/C19H25NO3/c1-18(2)15-9-10-19(18,3)16(11-15)23-17(21)12-20-22-13-14-7-5-4-6-8-14/h4-8,12,15-16H,9-11,13H2,1-3H3/b20-12+/t15-,16+,19+/m0/s1. The number of carbonyl (C=O) groups excluding carboxylic acids is 1. The van der Waals surface area contributed by atoms with Crippen LogP contribution in [0.15, 0.2) is 35.5 Å². The molecule has 2 saturated carbocycles. The molecule has 124 valence electrons. The van der Waals surface area contributed by atoms with Gasteiger partial charge in [-0.2, -0.15) is 0 Å². The van der Waals surface area contributed by atoms with Crippen LogP contribution in [0, 0.1) is 16.7 Å². The van der Waals surface area contributed by atoms with Crippen molar-refractivity contribution in [2.45, 2.75) is 52.7 Å². The molecule has 0 radical (unpaired) electrons. The van der Waals surface area contributed by atoms with Gasteiger partial charge in [0.15, 0.2) is 6.21 Å². The third kappa shape index (κ3) is 2.87. The van der Waals surface area contributed by atoms with Gasteiger partial charge in [-0.1, -0.05) is 56.3 Å². The first-order valence-electron chi connectivity index (χ1n) is 8.33. The molecule has 23 heavy (non-hydrogen) atoms. The number of fused-ring (bicyclic) bond motifs is 2. The highest BCUT2D eigenvalue weighted by Gasteiger charge is 2.62. The zero-order valence-corrected chi connectivity index (χ0v) is 14.1. The molecule has 0 spiro atoms. The molecule has 2 aliphatic rings. The summed E-state index contributed by atoms with van der Waals surface area (Å²) in [7, 11) is 0. The Balaban J connectivity index is 1.50. The molecule has 0 unspecified atom stereocenters. The summed E-state index contributed by atoms with van der Waals surface area (Å²) in [6.45, 7) is 7.20. The van der Waals surface area contributed by atoms with Crippen molar-refractivity contribution in [1.82, 2.24) is 0 Å². The Kier molecular flexibility index (Phi) is 4.17. The van der Waals surface area contributed by atoms with Crippen molar-refractivity contribution in [2.75, 3.05) is 0 Å². The van der Waals surface area contributed by atoms with E-state index in [9.17, 15) is 4.79 Å². The van der Waals surface area contributed by atoms with Crippen LogP contribution in [0.2, 0.25) is 0 Å². The number of ether oxygens (including phenoxy) is 1. The zero-order chi connectivity index (χ0) is 16.5. The minimum Gasteiger partial charge on any atom is -0.457 e. The summed E-state index contributed by atoms with van der Waals surface area (Å²) in [5, 5.41) is 3.73. The molecule has 3 atom stereocenters. The van der Waals surface area contributed by atoms with E-state index in [4.69, 9.17) is 9.57 Å². The molecule has 1 aromatic rings. The van der Waals surface area contributed by atoms with Gasteiger partial charge in [-0.25, -0.2) is 4.79 Å². The van der Waals surface area contributed by atoms with Gasteiger partial charge in [-0.3, -0.25) is 0 Å². The molecule has 3 rings (SSSR count). The van der Waals surface area contributed by atoms with Crippen molar-refractivity contribution in [3.05, 3.63) is 35.9 Å². The highest BCUT2D eigenvalue weighted by Crippen LogP contribution is 2.66. The number of rotatable bonds is 5. The second-order valence-corrected chi connectivity index (χ2v) is 7.53. The molecule has 0 amide bonds. The van der Waals surface area contributed by atoms with Crippen LogP contribution in [0.3, 0.4) is 0 Å². The number of esters is 1. The molecular formula is C19H25NO3. The normalized spacial score (nSPS) is 31.4. The van der Waals surface area contributed by atoms with Crippen molar-refractivity contribution >= 4 is 12.2 Å². The highest BCUT2D eigenvalue weighted by molar-refractivity contribution is 6.23. The smallest absolute Gasteiger partial charge is 0.353 e. The quantitative estimate of drug-likeness (QED) is 0.469. The molecule has 4 heteroatoms. The Hall–Kier alpha value is -1.84. The molecule has 0 heterocycles. The van der Waals surface area contributed by atoms with E-state index in [0.29, 0.717) is 12.5 Å². The van der Waals surface area contributed by atoms with Crippen molar-refractivity contribution in [3.8, 4) is 0 Å². The number of nitrogens with zero attached hydrogens (tertiary/aromatic N) is 1. The van der Waals surface area contributed by atoms with E-state index >= 15 is 0 Å². The Morgan fingerprint density at radius 3 is 2.65 bits per heavy atom. The van der Waals surface area contributed by atoms with Gasteiger partial charge >= 0.3 is 5.97 Å². The average molecular weight is 315 g/mol. The maximum atomic E-state index is 12.0. The summed E-state index contributed by atoms with van der Waals surface area (Å²) in [4.78, 5) is 17.1. The highest BCUT2D eigenvalue weighted by atomic mass is 16.6. The maximum Gasteiger partial charge on any atom is 0.353 e. The molecule has 2 bridgehead atoms. The van der Waals surface area contributed by atoms with Crippen molar-refractivity contribution in [2.24, 2.45) is 21.9 Å². The Bertz CT molecular complexity index is 596. The monoisotopic (exact) mass is 315 g/mol. The van der Waals surface area contributed by atoms with Crippen LogP contribution in [0.25, 0.3) is 0 Å². The van der Waals surface area contributed by atoms with E-state index < -0.39 is 5.97 Å². The Labute approximate surface area is 137 Å². The van der Waals surface area contributed by atoms with Crippen LogP contribution in [0.4, 0.5) is 0 Å². The minimum absolute atomic E-state index is 0.00989. The molecule has 2 aliphatic carbocycles. The van der Waals surface area contributed by atoms with E-state index in [1.54, 1.807) is 0 Å². The van der Waals surface area contributed by atoms with Crippen molar-refractivity contribution < 1.29 is 14.4 Å². The fraction of sp³-hybridized carbons (Fsp3) is 0.579. The van der Waals surface area contributed by atoms with Crippen molar-refractivity contribution in [3.63, 3.8) is 0 Å². The van der Waals surface area contributed by atoms with E-state index in [0.717, 1.165) is 24.6 Å². The second kappa shape index (κ2) is 5.99. The summed E-state index contributed by atoms with van der Waals surface area (Å²) in [5.41, 5.74) is 1.32. The van der Waals surface area contributed by atoms with E-state index in [1.807, 2.05) is 30.3 Å². The first kappa shape index (κ1) is 16.0. The Morgan fingerprint density at radius 1 is 1.30 bits per heavy atom. The maximum absolute atomic E-state index is 12.0. The lowest BCUT2D eigenvalue weighted by Crippen LogP contribution is -2.38. The lowest BCUT2D eigenvalue weighted by atomic mass is 9.70. The van der Waals surface area contributed by atoms with Gasteiger partial charge in [0, 0.05) is 5.41 Å². The van der Waals surface area contributed by atoms with Crippen LogP contribution in [-0.4, -0.2) is 18.3 Å². The predicted molar refractivity (Wildman–Crippen MR) is 88.8 cm³/mol. The zero-order valence-electron chi connectivity index (χ0n) is 14.1. The number of benzene rings is 1. The van der Waals surface area contributed by atoms with Crippen molar-refractivity contribution in [1.29, 1.82) is 0 Å². The molecule has 0 aromatic heterocycles. The van der Waals surface area contributed by atoms with Gasteiger partial charge in [-0.05, 0) is 36.2 Å². The molecule has 4 nitrogen and oxygen atoms in total. The largest absolute Gasteiger partial charge is 0.457 e. The summed E-state index contributed by atoms with van der Waals surface area (Å²) in [5.74, 6) is 0.240. The minimum atomic E-state index is -0.410. The van der Waals surface area contributed by atoms with Gasteiger partial charge in [0.2, 0.25) is 0 Å². The summed E-state index contributed by atoms with van der Waals surface area (Å²) >= 11 is 0. The van der Waals surface area contributed by atoms with Gasteiger partial charge in [-0.15, -0.1) is 0 Å². The third-order valence-electron chi connectivity index (χ3n) is 6.28. The molecular weight excluding hydrogens is 290 g/mol. The van der Waals surface area contributed by atoms with E-state index in [-0.39, 0.29) is 16.9 Å².